The van der Waals surface area contributed by atoms with Gasteiger partial charge in [0.05, 0.1) is 0 Å². The highest BCUT2D eigenvalue weighted by molar-refractivity contribution is 6.67. The van der Waals surface area contributed by atoms with Gasteiger partial charge in [0.2, 0.25) is 6.29 Å². The standard InChI is InChI=1S/C9H6Cl3O/c10-9(11,12)5-7-1-3-8(6-13)4-2-7/h1-4H,5H2. The van der Waals surface area contributed by atoms with Gasteiger partial charge in [0.25, 0.3) is 0 Å². The van der Waals surface area contributed by atoms with Gasteiger partial charge in [-0.1, -0.05) is 59.1 Å². The average Bonchev–Trinajstić information content (AvgIpc) is 2.03. The summed E-state index contributed by atoms with van der Waals surface area (Å²) < 4.78 is -1.29. The molecule has 4 heteroatoms. The summed E-state index contributed by atoms with van der Waals surface area (Å²) in [5.41, 5.74) is 1.37. The van der Waals surface area contributed by atoms with Gasteiger partial charge in [-0.15, -0.1) is 0 Å². The van der Waals surface area contributed by atoms with E-state index in [4.69, 9.17) is 34.8 Å². The van der Waals surface area contributed by atoms with Crippen molar-refractivity contribution in [3.8, 4) is 0 Å². The first-order chi connectivity index (χ1) is 6.01. The maximum Gasteiger partial charge on any atom is 0.233 e. The molecule has 0 aromatic heterocycles. The van der Waals surface area contributed by atoms with E-state index in [9.17, 15) is 4.79 Å². The molecule has 69 valence electrons. The molecule has 1 nitrogen and oxygen atoms in total. The zero-order valence-corrected chi connectivity index (χ0v) is 8.83. The third kappa shape index (κ3) is 3.99. The fourth-order valence-electron chi connectivity index (χ4n) is 0.922. The Hall–Kier alpha value is -0.240. The molecule has 0 amide bonds. The summed E-state index contributed by atoms with van der Waals surface area (Å²) in [6.07, 6.45) is 2.10. The Morgan fingerprint density at radius 2 is 1.69 bits per heavy atom. The maximum atomic E-state index is 10.2. The minimum Gasteiger partial charge on any atom is -0.285 e. The SMILES string of the molecule is O=[C]c1ccc(CC(Cl)(Cl)Cl)cc1. The van der Waals surface area contributed by atoms with Crippen LogP contribution in [0.2, 0.25) is 0 Å². The number of hydrogen-bond acceptors (Lipinski definition) is 1. The normalized spacial score (nSPS) is 11.3. The highest BCUT2D eigenvalue weighted by Crippen LogP contribution is 2.30. The summed E-state index contributed by atoms with van der Waals surface area (Å²) in [4.78, 5) is 10.2. The van der Waals surface area contributed by atoms with Crippen LogP contribution in [-0.4, -0.2) is 10.1 Å². The predicted octanol–water partition coefficient (Wildman–Crippen LogP) is 3.06. The van der Waals surface area contributed by atoms with E-state index in [0.717, 1.165) is 5.56 Å². The number of benzene rings is 1. The van der Waals surface area contributed by atoms with Crippen LogP contribution < -0.4 is 0 Å². The molecule has 1 aromatic carbocycles. The Labute approximate surface area is 91.6 Å². The smallest absolute Gasteiger partial charge is 0.233 e. The van der Waals surface area contributed by atoms with Gasteiger partial charge >= 0.3 is 0 Å². The Morgan fingerprint density at radius 1 is 1.15 bits per heavy atom. The first-order valence-electron chi connectivity index (χ1n) is 3.55. The third-order valence-electron chi connectivity index (χ3n) is 1.48. The Morgan fingerprint density at radius 3 is 2.08 bits per heavy atom. The van der Waals surface area contributed by atoms with Gasteiger partial charge < -0.3 is 0 Å². The fourth-order valence-corrected chi connectivity index (χ4v) is 1.39. The zero-order valence-electron chi connectivity index (χ0n) is 6.56. The number of halogens is 3. The summed E-state index contributed by atoms with van der Waals surface area (Å²) in [6.45, 7) is 0. The van der Waals surface area contributed by atoms with Crippen LogP contribution in [0, 0.1) is 0 Å². The van der Waals surface area contributed by atoms with Crippen molar-refractivity contribution in [2.45, 2.75) is 10.2 Å². The minimum absolute atomic E-state index is 0.330. The van der Waals surface area contributed by atoms with Crippen LogP contribution >= 0.6 is 34.8 Å². The van der Waals surface area contributed by atoms with Gasteiger partial charge in [0.1, 0.15) is 0 Å². The van der Waals surface area contributed by atoms with E-state index in [1.165, 1.54) is 0 Å². The van der Waals surface area contributed by atoms with Crippen molar-refractivity contribution in [3.63, 3.8) is 0 Å². The molecule has 13 heavy (non-hydrogen) atoms. The molecular formula is C9H6Cl3O. The Kier molecular flexibility index (Phi) is 3.60. The molecule has 1 rings (SSSR count). The maximum absolute atomic E-state index is 10.2. The van der Waals surface area contributed by atoms with E-state index in [0.29, 0.717) is 12.0 Å². The fraction of sp³-hybridized carbons (Fsp3) is 0.222. The first-order valence-corrected chi connectivity index (χ1v) is 4.68. The number of alkyl halides is 3. The van der Waals surface area contributed by atoms with Crippen LogP contribution in [0.3, 0.4) is 0 Å². The van der Waals surface area contributed by atoms with Crippen molar-refractivity contribution in [1.82, 2.24) is 0 Å². The van der Waals surface area contributed by atoms with Crippen molar-refractivity contribution in [2.75, 3.05) is 0 Å². The van der Waals surface area contributed by atoms with E-state index in [1.54, 1.807) is 30.6 Å². The summed E-state index contributed by atoms with van der Waals surface area (Å²) in [5, 5.41) is 0. The van der Waals surface area contributed by atoms with E-state index < -0.39 is 3.79 Å². The summed E-state index contributed by atoms with van der Waals surface area (Å²) in [7, 11) is 0. The second-order valence-electron chi connectivity index (χ2n) is 2.59. The average molecular weight is 237 g/mol. The molecule has 0 unspecified atom stereocenters. The van der Waals surface area contributed by atoms with E-state index in [-0.39, 0.29) is 0 Å². The van der Waals surface area contributed by atoms with Crippen molar-refractivity contribution in [3.05, 3.63) is 35.4 Å². The van der Waals surface area contributed by atoms with Gasteiger partial charge in [-0.05, 0) is 5.56 Å². The molecule has 1 aromatic rings. The quantitative estimate of drug-likeness (QED) is 0.721. The molecular weight excluding hydrogens is 230 g/mol. The summed E-state index contributed by atoms with van der Waals surface area (Å²) >= 11 is 16.8. The molecule has 0 fully saturated rings. The van der Waals surface area contributed by atoms with Gasteiger partial charge in [-0.25, -0.2) is 0 Å². The molecule has 0 aliphatic rings. The first kappa shape index (κ1) is 10.8. The molecule has 0 heterocycles. The van der Waals surface area contributed by atoms with E-state index in [2.05, 4.69) is 0 Å². The molecule has 0 saturated heterocycles. The van der Waals surface area contributed by atoms with Crippen LogP contribution in [0.15, 0.2) is 24.3 Å². The van der Waals surface area contributed by atoms with Crippen molar-refractivity contribution < 1.29 is 4.79 Å². The van der Waals surface area contributed by atoms with Crippen LogP contribution in [0.25, 0.3) is 0 Å². The lowest BCUT2D eigenvalue weighted by Gasteiger charge is -2.09. The number of hydrogen-bond donors (Lipinski definition) is 0. The second kappa shape index (κ2) is 4.32. The van der Waals surface area contributed by atoms with Gasteiger partial charge in [-0.3, -0.25) is 4.79 Å². The predicted molar refractivity (Wildman–Crippen MR) is 55.2 cm³/mol. The van der Waals surface area contributed by atoms with Gasteiger partial charge in [-0.2, -0.15) is 0 Å². The lowest BCUT2D eigenvalue weighted by Crippen LogP contribution is -2.06. The number of rotatable bonds is 2. The van der Waals surface area contributed by atoms with Gasteiger partial charge in [0.15, 0.2) is 3.79 Å². The summed E-state index contributed by atoms with van der Waals surface area (Å²) in [6, 6.07) is 6.75. The monoisotopic (exact) mass is 235 g/mol. The molecule has 0 aliphatic carbocycles. The third-order valence-corrected chi connectivity index (χ3v) is 1.88. The largest absolute Gasteiger partial charge is 0.285 e. The van der Waals surface area contributed by atoms with Crippen molar-refractivity contribution in [2.24, 2.45) is 0 Å². The molecule has 0 bridgehead atoms. The lowest BCUT2D eigenvalue weighted by molar-refractivity contribution is 0.563. The molecule has 1 radical (unpaired) electrons. The number of carbonyl (C=O) groups excluding carboxylic acids is 1. The van der Waals surface area contributed by atoms with Crippen LogP contribution in [0.4, 0.5) is 0 Å². The second-order valence-corrected chi connectivity index (χ2v) is 5.11. The van der Waals surface area contributed by atoms with E-state index >= 15 is 0 Å². The summed E-state index contributed by atoms with van der Waals surface area (Å²) in [5.74, 6) is 0. The van der Waals surface area contributed by atoms with Crippen LogP contribution in [0.5, 0.6) is 0 Å². The van der Waals surface area contributed by atoms with Crippen molar-refractivity contribution >= 4 is 41.1 Å². The topological polar surface area (TPSA) is 17.1 Å². The molecule has 0 spiro atoms. The van der Waals surface area contributed by atoms with Gasteiger partial charge in [0, 0.05) is 12.0 Å². The highest BCUT2D eigenvalue weighted by atomic mass is 35.6. The Bertz CT molecular complexity index is 287. The highest BCUT2D eigenvalue weighted by Gasteiger charge is 2.19. The zero-order chi connectivity index (χ0) is 9.90. The molecule has 0 saturated carbocycles. The molecule has 0 N–H and O–H groups in total. The van der Waals surface area contributed by atoms with E-state index in [1.807, 2.05) is 0 Å². The Balaban J connectivity index is 2.75. The lowest BCUT2D eigenvalue weighted by atomic mass is 10.1. The van der Waals surface area contributed by atoms with Crippen LogP contribution in [-0.2, 0) is 11.2 Å². The molecule has 0 aliphatic heterocycles. The molecule has 0 atom stereocenters. The van der Waals surface area contributed by atoms with Crippen LogP contribution in [0.1, 0.15) is 11.1 Å². The minimum atomic E-state index is -1.29. The van der Waals surface area contributed by atoms with Crippen molar-refractivity contribution in [1.29, 1.82) is 0 Å².